The van der Waals surface area contributed by atoms with Gasteiger partial charge in [-0.15, -0.1) is 0 Å². The molecule has 0 bridgehead atoms. The largest absolute Gasteiger partial charge is 0.391 e. The maximum absolute atomic E-state index is 12.7. The molecule has 1 saturated heterocycles. The SMILES string of the molecule is CNc1ccc(C(=O)N2CC(O)CC2CN(C)C)cc1C. The van der Waals surface area contributed by atoms with Crippen LogP contribution < -0.4 is 5.32 Å². The van der Waals surface area contributed by atoms with Crippen LogP contribution in [0.2, 0.25) is 0 Å². The molecule has 1 amide bonds. The molecule has 2 rings (SSSR count). The molecule has 2 unspecified atom stereocenters. The Hall–Kier alpha value is -1.59. The Bertz CT molecular complexity index is 516. The average molecular weight is 291 g/mol. The van der Waals surface area contributed by atoms with Gasteiger partial charge >= 0.3 is 0 Å². The number of aryl methyl sites for hydroxylation is 1. The smallest absolute Gasteiger partial charge is 0.254 e. The van der Waals surface area contributed by atoms with Crippen LogP contribution in [0.25, 0.3) is 0 Å². The summed E-state index contributed by atoms with van der Waals surface area (Å²) in [6.45, 7) is 3.18. The van der Waals surface area contributed by atoms with Gasteiger partial charge in [-0.1, -0.05) is 0 Å². The van der Waals surface area contributed by atoms with Crippen molar-refractivity contribution in [3.63, 3.8) is 0 Å². The molecular weight excluding hydrogens is 266 g/mol. The maximum atomic E-state index is 12.7. The predicted molar refractivity (Wildman–Crippen MR) is 84.7 cm³/mol. The molecule has 1 aromatic rings. The first-order chi connectivity index (χ1) is 9.92. The Morgan fingerprint density at radius 2 is 2.19 bits per heavy atom. The molecule has 1 aromatic carbocycles. The molecular formula is C16H25N3O2. The van der Waals surface area contributed by atoms with Crippen molar-refractivity contribution in [1.29, 1.82) is 0 Å². The number of aliphatic hydroxyl groups is 1. The number of hydrogen-bond donors (Lipinski definition) is 2. The molecule has 1 heterocycles. The first-order valence-corrected chi connectivity index (χ1v) is 7.34. The summed E-state index contributed by atoms with van der Waals surface area (Å²) in [4.78, 5) is 16.6. The Balaban J connectivity index is 2.19. The van der Waals surface area contributed by atoms with Gasteiger partial charge in [-0.05, 0) is 51.2 Å². The van der Waals surface area contributed by atoms with Crippen LogP contribution in [0, 0.1) is 6.92 Å². The van der Waals surface area contributed by atoms with E-state index in [4.69, 9.17) is 0 Å². The van der Waals surface area contributed by atoms with Crippen molar-refractivity contribution in [2.45, 2.75) is 25.5 Å². The zero-order valence-electron chi connectivity index (χ0n) is 13.3. The predicted octanol–water partition coefficient (Wildman–Crippen LogP) is 1.17. The van der Waals surface area contributed by atoms with Gasteiger partial charge in [0.1, 0.15) is 0 Å². The van der Waals surface area contributed by atoms with E-state index in [-0.39, 0.29) is 11.9 Å². The number of carbonyl (C=O) groups is 1. The highest BCUT2D eigenvalue weighted by molar-refractivity contribution is 5.95. The third-order valence-electron chi connectivity index (χ3n) is 3.97. The Kier molecular flexibility index (Phi) is 4.85. The third-order valence-corrected chi connectivity index (χ3v) is 3.97. The number of nitrogens with one attached hydrogen (secondary N) is 1. The van der Waals surface area contributed by atoms with Gasteiger partial charge in [-0.3, -0.25) is 4.79 Å². The highest BCUT2D eigenvalue weighted by atomic mass is 16.3. The van der Waals surface area contributed by atoms with E-state index in [0.29, 0.717) is 18.5 Å². The van der Waals surface area contributed by atoms with Crippen molar-refractivity contribution in [2.75, 3.05) is 39.5 Å². The molecule has 0 radical (unpaired) electrons. The standard InChI is InChI=1S/C16H25N3O2/c1-11-7-12(5-6-15(11)17-2)16(21)19-10-14(20)8-13(19)9-18(3)4/h5-7,13-14,17,20H,8-10H2,1-4H3. The summed E-state index contributed by atoms with van der Waals surface area (Å²) < 4.78 is 0. The van der Waals surface area contributed by atoms with Crippen molar-refractivity contribution < 1.29 is 9.90 Å². The Morgan fingerprint density at radius 1 is 1.48 bits per heavy atom. The van der Waals surface area contributed by atoms with Crippen molar-refractivity contribution in [1.82, 2.24) is 9.80 Å². The first kappa shape index (κ1) is 15.8. The van der Waals surface area contributed by atoms with Crippen molar-refractivity contribution >= 4 is 11.6 Å². The van der Waals surface area contributed by atoms with Crippen LogP contribution >= 0.6 is 0 Å². The van der Waals surface area contributed by atoms with Gasteiger partial charge in [-0.25, -0.2) is 0 Å². The number of amides is 1. The number of nitrogens with zero attached hydrogens (tertiary/aromatic N) is 2. The van der Waals surface area contributed by atoms with E-state index in [1.165, 1.54) is 0 Å². The molecule has 0 spiro atoms. The topological polar surface area (TPSA) is 55.8 Å². The summed E-state index contributed by atoms with van der Waals surface area (Å²) in [6.07, 6.45) is 0.230. The zero-order valence-corrected chi connectivity index (χ0v) is 13.3. The summed E-state index contributed by atoms with van der Waals surface area (Å²) in [5, 5.41) is 13.0. The molecule has 1 aliphatic rings. The van der Waals surface area contributed by atoms with Gasteiger partial charge in [0.15, 0.2) is 0 Å². The van der Waals surface area contributed by atoms with Gasteiger partial charge in [0.25, 0.3) is 5.91 Å². The van der Waals surface area contributed by atoms with Crippen LogP contribution in [-0.2, 0) is 0 Å². The highest BCUT2D eigenvalue weighted by Crippen LogP contribution is 2.23. The molecule has 1 fully saturated rings. The number of likely N-dealkylation sites (N-methyl/N-ethyl adjacent to an activating group) is 1. The minimum atomic E-state index is -0.420. The van der Waals surface area contributed by atoms with Gasteiger partial charge in [0, 0.05) is 37.4 Å². The summed E-state index contributed by atoms with van der Waals surface area (Å²) in [5.41, 5.74) is 2.76. The van der Waals surface area contributed by atoms with Crippen molar-refractivity contribution in [3.05, 3.63) is 29.3 Å². The van der Waals surface area contributed by atoms with E-state index in [2.05, 4.69) is 10.2 Å². The molecule has 5 heteroatoms. The van der Waals surface area contributed by atoms with Crippen molar-refractivity contribution in [3.8, 4) is 0 Å². The lowest BCUT2D eigenvalue weighted by Crippen LogP contribution is -2.41. The van der Waals surface area contributed by atoms with E-state index in [0.717, 1.165) is 17.8 Å². The first-order valence-electron chi connectivity index (χ1n) is 7.34. The number of hydrogen-bond acceptors (Lipinski definition) is 4. The number of rotatable bonds is 4. The lowest BCUT2D eigenvalue weighted by molar-refractivity contribution is 0.0699. The zero-order chi connectivity index (χ0) is 15.6. The third kappa shape index (κ3) is 3.54. The van der Waals surface area contributed by atoms with Crippen LogP contribution in [0.4, 0.5) is 5.69 Å². The van der Waals surface area contributed by atoms with Crippen LogP contribution in [0.5, 0.6) is 0 Å². The van der Waals surface area contributed by atoms with Crippen LogP contribution in [-0.4, -0.2) is 67.2 Å². The van der Waals surface area contributed by atoms with Gasteiger partial charge in [0.2, 0.25) is 0 Å². The van der Waals surface area contributed by atoms with E-state index in [1.54, 1.807) is 4.90 Å². The minimum absolute atomic E-state index is 0.00385. The molecule has 1 aliphatic heterocycles. The number of aliphatic hydroxyl groups excluding tert-OH is 1. The molecule has 0 saturated carbocycles. The normalized spacial score (nSPS) is 21.9. The maximum Gasteiger partial charge on any atom is 0.254 e. The van der Waals surface area contributed by atoms with Crippen LogP contribution in [0.3, 0.4) is 0 Å². The van der Waals surface area contributed by atoms with E-state index >= 15 is 0 Å². The van der Waals surface area contributed by atoms with E-state index < -0.39 is 6.10 Å². The summed E-state index contributed by atoms with van der Waals surface area (Å²) >= 11 is 0. The molecule has 5 nitrogen and oxygen atoms in total. The molecule has 0 aliphatic carbocycles. The molecule has 2 atom stereocenters. The van der Waals surface area contributed by atoms with Gasteiger partial charge in [0.05, 0.1) is 6.10 Å². The van der Waals surface area contributed by atoms with Crippen molar-refractivity contribution in [2.24, 2.45) is 0 Å². The Morgan fingerprint density at radius 3 is 2.76 bits per heavy atom. The fraction of sp³-hybridized carbons (Fsp3) is 0.562. The number of β-amino-alcohol motifs (C(OH)–C–C–N with tert-alkyl or cyclic N) is 1. The number of benzene rings is 1. The fourth-order valence-electron chi connectivity index (χ4n) is 2.98. The monoisotopic (exact) mass is 291 g/mol. The molecule has 2 N–H and O–H groups in total. The summed E-state index contributed by atoms with van der Waals surface area (Å²) in [7, 11) is 5.84. The number of anilines is 1. The van der Waals surface area contributed by atoms with Gasteiger partial charge < -0.3 is 20.2 Å². The summed E-state index contributed by atoms with van der Waals surface area (Å²) in [5.74, 6) is 0.00385. The lowest BCUT2D eigenvalue weighted by Gasteiger charge is -2.27. The fourth-order valence-corrected chi connectivity index (χ4v) is 2.98. The second-order valence-corrected chi connectivity index (χ2v) is 6.04. The number of likely N-dealkylation sites (tertiary alicyclic amines) is 1. The van der Waals surface area contributed by atoms with Gasteiger partial charge in [-0.2, -0.15) is 0 Å². The second-order valence-electron chi connectivity index (χ2n) is 6.04. The number of carbonyl (C=O) groups excluding carboxylic acids is 1. The Labute approximate surface area is 126 Å². The van der Waals surface area contributed by atoms with Crippen LogP contribution in [0.1, 0.15) is 22.3 Å². The van der Waals surface area contributed by atoms with E-state index in [9.17, 15) is 9.90 Å². The molecule has 116 valence electrons. The second kappa shape index (κ2) is 6.45. The van der Waals surface area contributed by atoms with Crippen LogP contribution in [0.15, 0.2) is 18.2 Å². The minimum Gasteiger partial charge on any atom is -0.391 e. The molecule has 0 aromatic heterocycles. The lowest BCUT2D eigenvalue weighted by atomic mass is 10.1. The summed E-state index contributed by atoms with van der Waals surface area (Å²) in [6, 6.07) is 5.76. The van der Waals surface area contributed by atoms with E-state index in [1.807, 2.05) is 46.3 Å². The average Bonchev–Trinajstić information content (AvgIpc) is 2.77. The highest BCUT2D eigenvalue weighted by Gasteiger charge is 2.34. The quantitative estimate of drug-likeness (QED) is 0.874. The molecule has 21 heavy (non-hydrogen) atoms.